The van der Waals surface area contributed by atoms with Gasteiger partial charge in [0.15, 0.2) is 6.61 Å². The molecule has 5 nitrogen and oxygen atoms in total. The van der Waals surface area contributed by atoms with Gasteiger partial charge >= 0.3 is 0 Å². The number of ether oxygens (including phenoxy) is 3. The highest BCUT2D eigenvalue weighted by Crippen LogP contribution is 2.19. The molecule has 0 saturated carbocycles. The summed E-state index contributed by atoms with van der Waals surface area (Å²) in [5.41, 5.74) is 0.673. The van der Waals surface area contributed by atoms with Crippen molar-refractivity contribution in [1.82, 2.24) is 0 Å². The molecule has 0 unspecified atom stereocenters. The van der Waals surface area contributed by atoms with Crippen LogP contribution in [0.15, 0.2) is 48.5 Å². The van der Waals surface area contributed by atoms with Crippen LogP contribution in [-0.2, 0) is 4.79 Å². The zero-order valence-corrected chi connectivity index (χ0v) is 13.5. The van der Waals surface area contributed by atoms with Crippen LogP contribution in [0.1, 0.15) is 13.8 Å². The minimum Gasteiger partial charge on any atom is -0.497 e. The van der Waals surface area contributed by atoms with Crippen LogP contribution in [0.2, 0.25) is 0 Å². The van der Waals surface area contributed by atoms with Crippen molar-refractivity contribution in [3.63, 3.8) is 0 Å². The van der Waals surface area contributed by atoms with E-state index in [0.29, 0.717) is 17.2 Å². The highest BCUT2D eigenvalue weighted by atomic mass is 16.5. The average Bonchev–Trinajstić information content (AvgIpc) is 2.53. The molecular weight excluding hydrogens is 294 g/mol. The first kappa shape index (κ1) is 16.7. The molecule has 0 saturated heterocycles. The number of hydrogen-bond acceptors (Lipinski definition) is 4. The van der Waals surface area contributed by atoms with Gasteiger partial charge in [-0.1, -0.05) is 6.07 Å². The number of carbonyl (C=O) groups is 1. The van der Waals surface area contributed by atoms with Crippen LogP contribution in [0, 0.1) is 0 Å². The minimum absolute atomic E-state index is 0.0679. The first-order valence-corrected chi connectivity index (χ1v) is 7.40. The van der Waals surface area contributed by atoms with Crippen LogP contribution in [0.25, 0.3) is 0 Å². The topological polar surface area (TPSA) is 56.8 Å². The highest BCUT2D eigenvalue weighted by Gasteiger charge is 2.05. The third-order valence-electron chi connectivity index (χ3n) is 2.92. The number of anilines is 1. The summed E-state index contributed by atoms with van der Waals surface area (Å²) in [6.07, 6.45) is 0.0827. The zero-order chi connectivity index (χ0) is 16.7. The minimum atomic E-state index is -0.234. The van der Waals surface area contributed by atoms with Crippen LogP contribution in [0.4, 0.5) is 5.69 Å². The molecule has 0 aliphatic rings. The van der Waals surface area contributed by atoms with Crippen molar-refractivity contribution < 1.29 is 19.0 Å². The van der Waals surface area contributed by atoms with Gasteiger partial charge in [-0.15, -0.1) is 0 Å². The fraction of sp³-hybridized carbons (Fsp3) is 0.278. The summed E-state index contributed by atoms with van der Waals surface area (Å²) in [4.78, 5) is 11.9. The van der Waals surface area contributed by atoms with Crippen molar-refractivity contribution in [2.45, 2.75) is 20.0 Å². The maximum atomic E-state index is 11.9. The molecule has 0 aliphatic heterocycles. The van der Waals surface area contributed by atoms with E-state index in [1.807, 2.05) is 26.0 Å². The van der Waals surface area contributed by atoms with Crippen LogP contribution in [0.5, 0.6) is 17.2 Å². The first-order valence-electron chi connectivity index (χ1n) is 7.40. The predicted molar refractivity (Wildman–Crippen MR) is 89.3 cm³/mol. The molecule has 0 radical (unpaired) electrons. The number of benzene rings is 2. The highest BCUT2D eigenvalue weighted by molar-refractivity contribution is 5.92. The number of amides is 1. The number of hydrogen-bond donors (Lipinski definition) is 1. The Bertz CT molecular complexity index is 638. The third kappa shape index (κ3) is 5.54. The Morgan fingerprint density at radius 2 is 1.74 bits per heavy atom. The standard InChI is InChI=1S/C18H21NO4/c1-13(2)23-17-6-4-5-14(11-17)19-18(20)12-22-16-9-7-15(21-3)8-10-16/h4-11,13H,12H2,1-3H3,(H,19,20). The fourth-order valence-electron chi connectivity index (χ4n) is 1.94. The predicted octanol–water partition coefficient (Wildman–Crippen LogP) is 3.50. The summed E-state index contributed by atoms with van der Waals surface area (Å²) < 4.78 is 16.1. The Balaban J connectivity index is 1.86. The van der Waals surface area contributed by atoms with Crippen molar-refractivity contribution in [2.75, 3.05) is 19.0 Å². The van der Waals surface area contributed by atoms with E-state index in [2.05, 4.69) is 5.32 Å². The van der Waals surface area contributed by atoms with E-state index in [-0.39, 0.29) is 18.6 Å². The Labute approximate surface area is 136 Å². The Morgan fingerprint density at radius 1 is 1.04 bits per heavy atom. The molecule has 0 atom stereocenters. The molecule has 0 heterocycles. The molecule has 0 aliphatic carbocycles. The third-order valence-corrected chi connectivity index (χ3v) is 2.92. The van der Waals surface area contributed by atoms with Crippen molar-refractivity contribution in [2.24, 2.45) is 0 Å². The second kappa shape index (κ2) is 8.08. The smallest absolute Gasteiger partial charge is 0.262 e. The fourth-order valence-corrected chi connectivity index (χ4v) is 1.94. The summed E-state index contributed by atoms with van der Waals surface area (Å²) in [5, 5.41) is 2.78. The second-order valence-corrected chi connectivity index (χ2v) is 5.21. The molecule has 5 heteroatoms. The average molecular weight is 315 g/mol. The van der Waals surface area contributed by atoms with Gasteiger partial charge in [0, 0.05) is 11.8 Å². The van der Waals surface area contributed by atoms with Gasteiger partial charge < -0.3 is 19.5 Å². The molecule has 2 aromatic rings. The largest absolute Gasteiger partial charge is 0.497 e. The summed E-state index contributed by atoms with van der Waals surface area (Å²) in [6.45, 7) is 3.84. The van der Waals surface area contributed by atoms with E-state index in [1.54, 1.807) is 43.5 Å². The van der Waals surface area contributed by atoms with E-state index in [0.717, 1.165) is 5.75 Å². The van der Waals surface area contributed by atoms with Crippen LogP contribution >= 0.6 is 0 Å². The molecule has 1 amide bonds. The number of methoxy groups -OCH3 is 1. The van der Waals surface area contributed by atoms with Gasteiger partial charge in [0.2, 0.25) is 0 Å². The lowest BCUT2D eigenvalue weighted by Crippen LogP contribution is -2.20. The lowest BCUT2D eigenvalue weighted by atomic mass is 10.3. The lowest BCUT2D eigenvalue weighted by Gasteiger charge is -2.12. The van der Waals surface area contributed by atoms with E-state index >= 15 is 0 Å². The Hall–Kier alpha value is -2.69. The van der Waals surface area contributed by atoms with Gasteiger partial charge in [0.1, 0.15) is 17.2 Å². The summed E-state index contributed by atoms with van der Waals surface area (Å²) in [5.74, 6) is 1.83. The van der Waals surface area contributed by atoms with E-state index in [4.69, 9.17) is 14.2 Å². The number of nitrogens with one attached hydrogen (secondary N) is 1. The van der Waals surface area contributed by atoms with Gasteiger partial charge in [-0.3, -0.25) is 4.79 Å². The van der Waals surface area contributed by atoms with Crippen LogP contribution in [-0.4, -0.2) is 25.7 Å². The summed E-state index contributed by atoms with van der Waals surface area (Å²) in [7, 11) is 1.60. The van der Waals surface area contributed by atoms with Crippen molar-refractivity contribution in [1.29, 1.82) is 0 Å². The molecule has 2 rings (SSSR count). The van der Waals surface area contributed by atoms with Crippen molar-refractivity contribution >= 4 is 11.6 Å². The van der Waals surface area contributed by atoms with E-state index in [9.17, 15) is 4.79 Å². The van der Waals surface area contributed by atoms with Crippen LogP contribution < -0.4 is 19.5 Å². The lowest BCUT2D eigenvalue weighted by molar-refractivity contribution is -0.118. The molecule has 122 valence electrons. The first-order chi connectivity index (χ1) is 11.1. The van der Waals surface area contributed by atoms with Gasteiger partial charge in [0.05, 0.1) is 13.2 Å². The molecule has 23 heavy (non-hydrogen) atoms. The number of carbonyl (C=O) groups excluding carboxylic acids is 1. The second-order valence-electron chi connectivity index (χ2n) is 5.21. The number of rotatable bonds is 7. The van der Waals surface area contributed by atoms with E-state index in [1.165, 1.54) is 0 Å². The maximum absolute atomic E-state index is 11.9. The molecule has 2 aromatic carbocycles. The SMILES string of the molecule is COc1ccc(OCC(=O)Nc2cccc(OC(C)C)c2)cc1. The Kier molecular flexibility index (Phi) is 5.86. The van der Waals surface area contributed by atoms with E-state index < -0.39 is 0 Å². The maximum Gasteiger partial charge on any atom is 0.262 e. The van der Waals surface area contributed by atoms with Gasteiger partial charge in [-0.25, -0.2) is 0 Å². The monoisotopic (exact) mass is 315 g/mol. The molecule has 1 N–H and O–H groups in total. The van der Waals surface area contributed by atoms with Gasteiger partial charge in [-0.05, 0) is 50.2 Å². The van der Waals surface area contributed by atoms with Gasteiger partial charge in [-0.2, -0.15) is 0 Å². The molecule has 0 fully saturated rings. The summed E-state index contributed by atoms with van der Waals surface area (Å²) in [6, 6.07) is 14.3. The normalized spacial score (nSPS) is 10.3. The zero-order valence-electron chi connectivity index (χ0n) is 13.5. The quantitative estimate of drug-likeness (QED) is 0.849. The van der Waals surface area contributed by atoms with Crippen molar-refractivity contribution in [3.8, 4) is 17.2 Å². The molecule has 0 bridgehead atoms. The van der Waals surface area contributed by atoms with Crippen LogP contribution in [0.3, 0.4) is 0 Å². The van der Waals surface area contributed by atoms with Gasteiger partial charge in [0.25, 0.3) is 5.91 Å². The van der Waals surface area contributed by atoms with Crippen molar-refractivity contribution in [3.05, 3.63) is 48.5 Å². The molecule has 0 aromatic heterocycles. The molecular formula is C18H21NO4. The summed E-state index contributed by atoms with van der Waals surface area (Å²) >= 11 is 0. The molecule has 0 spiro atoms. The Morgan fingerprint density at radius 3 is 2.39 bits per heavy atom.